The van der Waals surface area contributed by atoms with Gasteiger partial charge < -0.3 is 10.5 Å². The Morgan fingerprint density at radius 3 is 2.79 bits per heavy atom. The van der Waals surface area contributed by atoms with Gasteiger partial charge in [0.2, 0.25) is 0 Å². The summed E-state index contributed by atoms with van der Waals surface area (Å²) in [7, 11) is 1.66. The molecule has 0 bridgehead atoms. The van der Waals surface area contributed by atoms with E-state index in [1.807, 2.05) is 38.1 Å². The first-order valence-electron chi connectivity index (χ1n) is 6.32. The minimum Gasteiger partial charge on any atom is -0.496 e. The van der Waals surface area contributed by atoms with Crippen molar-refractivity contribution in [2.45, 2.75) is 26.3 Å². The maximum atomic E-state index is 5.80. The van der Waals surface area contributed by atoms with Gasteiger partial charge in [0.1, 0.15) is 5.75 Å². The van der Waals surface area contributed by atoms with Crippen LogP contribution < -0.4 is 10.5 Å². The van der Waals surface area contributed by atoms with Gasteiger partial charge in [-0.3, -0.25) is 0 Å². The van der Waals surface area contributed by atoms with Crippen molar-refractivity contribution in [1.29, 1.82) is 0 Å². The van der Waals surface area contributed by atoms with Crippen LogP contribution >= 0.6 is 0 Å². The Labute approximate surface area is 113 Å². The lowest BCUT2D eigenvalue weighted by atomic mass is 10.1. The van der Waals surface area contributed by atoms with Crippen LogP contribution in [0.4, 0.5) is 0 Å². The van der Waals surface area contributed by atoms with Gasteiger partial charge >= 0.3 is 0 Å². The third-order valence-corrected chi connectivity index (χ3v) is 2.84. The van der Waals surface area contributed by atoms with E-state index in [-0.39, 0.29) is 6.04 Å². The molecule has 2 N–H and O–H groups in total. The van der Waals surface area contributed by atoms with Gasteiger partial charge in [-0.25, -0.2) is 9.97 Å². The average molecular weight is 257 g/mol. The normalized spacial score (nSPS) is 12.2. The van der Waals surface area contributed by atoms with Crippen LogP contribution in [0.15, 0.2) is 30.5 Å². The number of methoxy groups -OCH3 is 1. The zero-order valence-corrected chi connectivity index (χ0v) is 11.6. The molecule has 0 amide bonds. The Hall–Kier alpha value is -1.94. The number of hydrogen-bond donors (Lipinski definition) is 1. The third kappa shape index (κ3) is 3.29. The van der Waals surface area contributed by atoms with Crippen molar-refractivity contribution in [3.8, 4) is 17.1 Å². The van der Waals surface area contributed by atoms with E-state index in [1.165, 1.54) is 0 Å². The van der Waals surface area contributed by atoms with Crippen molar-refractivity contribution in [2.75, 3.05) is 7.11 Å². The van der Waals surface area contributed by atoms with Crippen molar-refractivity contribution < 1.29 is 4.74 Å². The number of hydrogen-bond acceptors (Lipinski definition) is 4. The van der Waals surface area contributed by atoms with E-state index < -0.39 is 0 Å². The summed E-state index contributed by atoms with van der Waals surface area (Å²) in [5, 5.41) is 0. The lowest BCUT2D eigenvalue weighted by Gasteiger charge is -2.10. The largest absolute Gasteiger partial charge is 0.496 e. The van der Waals surface area contributed by atoms with Crippen molar-refractivity contribution in [1.82, 2.24) is 9.97 Å². The molecule has 1 heterocycles. The number of aromatic nitrogens is 2. The molecule has 0 saturated carbocycles. The van der Waals surface area contributed by atoms with Gasteiger partial charge in [0.15, 0.2) is 5.82 Å². The van der Waals surface area contributed by atoms with Crippen molar-refractivity contribution in [2.24, 2.45) is 5.73 Å². The molecule has 0 aliphatic rings. The van der Waals surface area contributed by atoms with Crippen molar-refractivity contribution in [3.05, 3.63) is 41.7 Å². The fraction of sp³-hybridized carbons (Fsp3) is 0.333. The monoisotopic (exact) mass is 257 g/mol. The van der Waals surface area contributed by atoms with Crippen LogP contribution in [0.5, 0.6) is 5.75 Å². The van der Waals surface area contributed by atoms with Crippen LogP contribution in [0.25, 0.3) is 11.4 Å². The van der Waals surface area contributed by atoms with E-state index in [0.29, 0.717) is 5.82 Å². The molecule has 0 spiro atoms. The van der Waals surface area contributed by atoms with Gasteiger partial charge in [-0.1, -0.05) is 6.07 Å². The number of benzene rings is 1. The second-order valence-corrected chi connectivity index (χ2v) is 4.76. The topological polar surface area (TPSA) is 61.0 Å². The van der Waals surface area contributed by atoms with Gasteiger partial charge in [-0.05, 0) is 37.6 Å². The molecule has 2 rings (SSSR count). The molecule has 19 heavy (non-hydrogen) atoms. The highest BCUT2D eigenvalue weighted by Crippen LogP contribution is 2.28. The second-order valence-electron chi connectivity index (χ2n) is 4.76. The predicted molar refractivity (Wildman–Crippen MR) is 76.1 cm³/mol. The number of nitrogens with zero attached hydrogens (tertiary/aromatic N) is 2. The van der Waals surface area contributed by atoms with Gasteiger partial charge in [0.25, 0.3) is 0 Å². The van der Waals surface area contributed by atoms with Crippen LogP contribution in [0.3, 0.4) is 0 Å². The first-order chi connectivity index (χ1) is 9.10. The number of aryl methyl sites for hydroxylation is 1. The molecule has 1 unspecified atom stereocenters. The minimum absolute atomic E-state index is 0.0858. The van der Waals surface area contributed by atoms with Gasteiger partial charge in [-0.2, -0.15) is 0 Å². The highest BCUT2D eigenvalue weighted by atomic mass is 16.5. The highest BCUT2D eigenvalue weighted by Gasteiger charge is 2.10. The second kappa shape index (κ2) is 5.80. The number of rotatable bonds is 4. The molecule has 4 heteroatoms. The molecule has 0 fully saturated rings. The molecule has 2 aromatic rings. The maximum absolute atomic E-state index is 5.80. The summed E-state index contributed by atoms with van der Waals surface area (Å²) in [6.45, 7) is 3.99. The molecular weight excluding hydrogens is 238 g/mol. The molecule has 0 aliphatic heterocycles. The van der Waals surface area contributed by atoms with E-state index in [1.54, 1.807) is 13.3 Å². The van der Waals surface area contributed by atoms with E-state index >= 15 is 0 Å². The van der Waals surface area contributed by atoms with E-state index in [9.17, 15) is 0 Å². The Morgan fingerprint density at radius 1 is 1.32 bits per heavy atom. The molecule has 0 aliphatic carbocycles. The van der Waals surface area contributed by atoms with E-state index in [2.05, 4.69) is 9.97 Å². The molecule has 1 atom stereocenters. The lowest BCUT2D eigenvalue weighted by molar-refractivity contribution is 0.416. The Bertz CT molecular complexity index is 567. The number of ether oxygens (including phenoxy) is 1. The van der Waals surface area contributed by atoms with E-state index in [0.717, 1.165) is 29.0 Å². The summed E-state index contributed by atoms with van der Waals surface area (Å²) < 4.78 is 5.40. The zero-order valence-electron chi connectivity index (χ0n) is 11.6. The lowest BCUT2D eigenvalue weighted by Crippen LogP contribution is -2.18. The Morgan fingerprint density at radius 2 is 2.11 bits per heavy atom. The zero-order chi connectivity index (χ0) is 13.8. The van der Waals surface area contributed by atoms with Crippen LogP contribution in [0.2, 0.25) is 0 Å². The third-order valence-electron chi connectivity index (χ3n) is 2.84. The van der Waals surface area contributed by atoms with Crippen LogP contribution in [-0.2, 0) is 6.42 Å². The highest BCUT2D eigenvalue weighted by molar-refractivity contribution is 5.64. The number of nitrogens with two attached hydrogens (primary N) is 1. The average Bonchev–Trinajstić information content (AvgIpc) is 2.38. The molecule has 4 nitrogen and oxygen atoms in total. The van der Waals surface area contributed by atoms with Gasteiger partial charge in [0, 0.05) is 24.4 Å². The SMILES string of the molecule is COc1cc(C)ccc1-c1nccc(CC(C)N)n1. The fourth-order valence-electron chi connectivity index (χ4n) is 1.95. The summed E-state index contributed by atoms with van der Waals surface area (Å²) in [5.74, 6) is 1.47. The summed E-state index contributed by atoms with van der Waals surface area (Å²) >= 11 is 0. The molecule has 1 aromatic heterocycles. The Balaban J connectivity index is 2.41. The molecule has 0 radical (unpaired) electrons. The fourth-order valence-corrected chi connectivity index (χ4v) is 1.95. The quantitative estimate of drug-likeness (QED) is 0.913. The van der Waals surface area contributed by atoms with Gasteiger partial charge in [0.05, 0.1) is 12.7 Å². The summed E-state index contributed by atoms with van der Waals surface area (Å²) in [4.78, 5) is 8.87. The van der Waals surface area contributed by atoms with E-state index in [4.69, 9.17) is 10.5 Å². The summed E-state index contributed by atoms with van der Waals surface area (Å²) in [6, 6.07) is 7.98. The minimum atomic E-state index is 0.0858. The maximum Gasteiger partial charge on any atom is 0.163 e. The van der Waals surface area contributed by atoms with Gasteiger partial charge in [-0.15, -0.1) is 0 Å². The van der Waals surface area contributed by atoms with Crippen LogP contribution in [0, 0.1) is 6.92 Å². The summed E-state index contributed by atoms with van der Waals surface area (Å²) in [5.41, 5.74) is 8.80. The van der Waals surface area contributed by atoms with Crippen molar-refractivity contribution in [3.63, 3.8) is 0 Å². The van der Waals surface area contributed by atoms with Crippen LogP contribution in [0.1, 0.15) is 18.2 Å². The summed E-state index contributed by atoms with van der Waals surface area (Å²) in [6.07, 6.45) is 2.50. The first kappa shape index (κ1) is 13.5. The smallest absolute Gasteiger partial charge is 0.163 e. The molecular formula is C15H19N3O. The molecule has 1 aromatic carbocycles. The molecule has 0 saturated heterocycles. The molecule has 100 valence electrons. The predicted octanol–water partition coefficient (Wildman–Crippen LogP) is 2.35. The van der Waals surface area contributed by atoms with Crippen LogP contribution in [-0.4, -0.2) is 23.1 Å². The standard InChI is InChI=1S/C15H19N3O/c1-10-4-5-13(14(8-10)19-3)15-17-7-6-12(18-15)9-11(2)16/h4-8,11H,9,16H2,1-3H3. The Kier molecular flexibility index (Phi) is 4.12. The van der Waals surface area contributed by atoms with Crippen molar-refractivity contribution >= 4 is 0 Å². The first-order valence-corrected chi connectivity index (χ1v) is 6.32.